The van der Waals surface area contributed by atoms with Gasteiger partial charge in [-0.15, -0.1) is 0 Å². The van der Waals surface area contributed by atoms with Crippen molar-refractivity contribution in [3.05, 3.63) is 22.1 Å². The van der Waals surface area contributed by atoms with Gasteiger partial charge in [-0.25, -0.2) is 9.78 Å². The first-order valence-electron chi connectivity index (χ1n) is 5.29. The summed E-state index contributed by atoms with van der Waals surface area (Å²) in [4.78, 5) is 28.0. The molecule has 0 unspecified atom stereocenters. The van der Waals surface area contributed by atoms with Crippen molar-refractivity contribution in [2.24, 2.45) is 0 Å². The molecule has 0 aromatic carbocycles. The van der Waals surface area contributed by atoms with Crippen LogP contribution in [0.25, 0.3) is 0 Å². The first-order valence-corrected chi connectivity index (χ1v) is 5.29. The number of carbonyl (C=O) groups is 1. The monoisotopic (exact) mass is 241 g/mol. The molecule has 0 saturated carbocycles. The Hall–Kier alpha value is -1.89. The molecule has 7 nitrogen and oxygen atoms in total. The summed E-state index contributed by atoms with van der Waals surface area (Å²) in [6.45, 7) is 3.80. The van der Waals surface area contributed by atoms with Gasteiger partial charge in [0.2, 0.25) is 5.95 Å². The van der Waals surface area contributed by atoms with Crippen LogP contribution in [0.5, 0.6) is 0 Å². The van der Waals surface area contributed by atoms with E-state index in [9.17, 15) is 9.59 Å². The number of aromatic carboxylic acids is 1. The molecule has 17 heavy (non-hydrogen) atoms. The molecule has 1 aromatic rings. The van der Waals surface area contributed by atoms with Crippen LogP contribution in [0, 0.1) is 0 Å². The van der Waals surface area contributed by atoms with E-state index >= 15 is 0 Å². The minimum atomic E-state index is -1.29. The molecule has 0 radical (unpaired) electrons. The molecule has 0 saturated heterocycles. The molecule has 3 N–H and O–H groups in total. The largest absolute Gasteiger partial charge is 0.477 e. The van der Waals surface area contributed by atoms with Crippen molar-refractivity contribution in [3.63, 3.8) is 0 Å². The van der Waals surface area contributed by atoms with Crippen LogP contribution < -0.4 is 10.9 Å². The van der Waals surface area contributed by atoms with E-state index in [-0.39, 0.29) is 11.5 Å². The quantitative estimate of drug-likeness (QED) is 0.593. The Bertz CT molecular complexity index is 430. The first kappa shape index (κ1) is 13.2. The van der Waals surface area contributed by atoms with E-state index < -0.39 is 11.5 Å². The third kappa shape index (κ3) is 4.23. The SMILES string of the molecule is CCOCCCNc1ncc(C(=O)O)c(=O)[nH]1. The summed E-state index contributed by atoms with van der Waals surface area (Å²) in [5.74, 6) is -1.03. The molecule has 1 heterocycles. The summed E-state index contributed by atoms with van der Waals surface area (Å²) in [7, 11) is 0. The van der Waals surface area contributed by atoms with Gasteiger partial charge >= 0.3 is 5.97 Å². The van der Waals surface area contributed by atoms with E-state index in [1.54, 1.807) is 0 Å². The van der Waals surface area contributed by atoms with Gasteiger partial charge in [-0.1, -0.05) is 0 Å². The molecule has 0 aliphatic heterocycles. The van der Waals surface area contributed by atoms with Gasteiger partial charge in [-0.2, -0.15) is 0 Å². The van der Waals surface area contributed by atoms with Crippen LogP contribution in [0.2, 0.25) is 0 Å². The number of anilines is 1. The van der Waals surface area contributed by atoms with E-state index in [0.29, 0.717) is 19.8 Å². The highest BCUT2D eigenvalue weighted by molar-refractivity contribution is 5.86. The third-order valence-electron chi connectivity index (χ3n) is 1.99. The lowest BCUT2D eigenvalue weighted by molar-refractivity contribution is 0.0694. The number of nitrogens with zero attached hydrogens (tertiary/aromatic N) is 1. The molecule has 0 amide bonds. The van der Waals surface area contributed by atoms with Crippen molar-refractivity contribution in [3.8, 4) is 0 Å². The number of carboxylic acids is 1. The Balaban J connectivity index is 2.48. The van der Waals surface area contributed by atoms with Gasteiger partial charge in [0.1, 0.15) is 5.56 Å². The first-order chi connectivity index (χ1) is 8.15. The summed E-state index contributed by atoms with van der Waals surface area (Å²) in [6, 6.07) is 0. The molecule has 7 heteroatoms. The zero-order valence-electron chi connectivity index (χ0n) is 9.52. The lowest BCUT2D eigenvalue weighted by atomic mass is 10.3. The third-order valence-corrected chi connectivity index (χ3v) is 1.99. The van der Waals surface area contributed by atoms with Crippen molar-refractivity contribution in [2.75, 3.05) is 25.1 Å². The van der Waals surface area contributed by atoms with Gasteiger partial charge in [0.15, 0.2) is 0 Å². The Morgan fingerprint density at radius 2 is 2.41 bits per heavy atom. The molecule has 0 bridgehead atoms. The van der Waals surface area contributed by atoms with E-state index in [1.807, 2.05) is 6.92 Å². The maximum absolute atomic E-state index is 11.3. The smallest absolute Gasteiger partial charge is 0.342 e. The van der Waals surface area contributed by atoms with E-state index in [4.69, 9.17) is 9.84 Å². The predicted molar refractivity (Wildman–Crippen MR) is 61.4 cm³/mol. The number of H-pyrrole nitrogens is 1. The van der Waals surface area contributed by atoms with Crippen molar-refractivity contribution in [2.45, 2.75) is 13.3 Å². The Morgan fingerprint density at radius 1 is 1.65 bits per heavy atom. The van der Waals surface area contributed by atoms with Gasteiger partial charge in [0, 0.05) is 19.8 Å². The number of aromatic nitrogens is 2. The average Bonchev–Trinajstić information content (AvgIpc) is 2.28. The molecule has 0 aliphatic rings. The maximum Gasteiger partial charge on any atom is 0.342 e. The fourth-order valence-corrected chi connectivity index (χ4v) is 1.16. The Kier molecular flexibility index (Phi) is 5.15. The second-order valence-corrected chi connectivity index (χ2v) is 3.26. The van der Waals surface area contributed by atoms with Gasteiger partial charge in [0.25, 0.3) is 5.56 Å². The summed E-state index contributed by atoms with van der Waals surface area (Å²) < 4.78 is 5.14. The molecule has 0 aliphatic carbocycles. The molecular formula is C10H15N3O4. The van der Waals surface area contributed by atoms with Gasteiger partial charge < -0.3 is 15.2 Å². The number of carboxylic acid groups (broad SMARTS) is 1. The number of hydrogen-bond donors (Lipinski definition) is 3. The fourth-order valence-electron chi connectivity index (χ4n) is 1.16. The molecule has 0 atom stereocenters. The van der Waals surface area contributed by atoms with Crippen molar-refractivity contribution < 1.29 is 14.6 Å². The molecule has 0 fully saturated rings. The molecule has 94 valence electrons. The standard InChI is InChI=1S/C10H15N3O4/c1-2-17-5-3-4-11-10-12-6-7(9(15)16)8(14)13-10/h6H,2-5H2,1H3,(H,15,16)(H2,11,12,13,14). The van der Waals surface area contributed by atoms with Gasteiger partial charge in [0.05, 0.1) is 6.20 Å². The minimum absolute atomic E-state index is 0.261. The summed E-state index contributed by atoms with van der Waals surface area (Å²) >= 11 is 0. The lowest BCUT2D eigenvalue weighted by Gasteiger charge is -2.05. The van der Waals surface area contributed by atoms with E-state index in [0.717, 1.165) is 12.6 Å². The average molecular weight is 241 g/mol. The highest BCUT2D eigenvalue weighted by atomic mass is 16.5. The van der Waals surface area contributed by atoms with Crippen LogP contribution in [-0.2, 0) is 4.74 Å². The number of ether oxygens (including phenoxy) is 1. The Labute approximate surface area is 97.8 Å². The second kappa shape index (κ2) is 6.64. The summed E-state index contributed by atoms with van der Waals surface area (Å²) in [5, 5.41) is 11.5. The normalized spacial score (nSPS) is 10.2. The Morgan fingerprint density at radius 3 is 3.00 bits per heavy atom. The van der Waals surface area contributed by atoms with Crippen LogP contribution in [0.15, 0.2) is 11.0 Å². The van der Waals surface area contributed by atoms with Crippen LogP contribution in [0.4, 0.5) is 5.95 Å². The maximum atomic E-state index is 11.3. The summed E-state index contributed by atoms with van der Waals surface area (Å²) in [5.41, 5.74) is -1.04. The lowest BCUT2D eigenvalue weighted by Crippen LogP contribution is -2.20. The second-order valence-electron chi connectivity index (χ2n) is 3.26. The zero-order valence-corrected chi connectivity index (χ0v) is 9.52. The van der Waals surface area contributed by atoms with Crippen LogP contribution in [-0.4, -0.2) is 40.8 Å². The van der Waals surface area contributed by atoms with Gasteiger partial charge in [-0.3, -0.25) is 9.78 Å². The molecule has 1 aromatic heterocycles. The number of nitrogens with one attached hydrogen (secondary N) is 2. The molecular weight excluding hydrogens is 226 g/mol. The predicted octanol–water partition coefficient (Wildman–Crippen LogP) is 0.307. The van der Waals surface area contributed by atoms with E-state index in [1.165, 1.54) is 0 Å². The van der Waals surface area contributed by atoms with Crippen LogP contribution >= 0.6 is 0 Å². The highest BCUT2D eigenvalue weighted by Crippen LogP contribution is 1.95. The van der Waals surface area contributed by atoms with Crippen molar-refractivity contribution >= 4 is 11.9 Å². The number of hydrogen-bond acceptors (Lipinski definition) is 5. The highest BCUT2D eigenvalue weighted by Gasteiger charge is 2.09. The van der Waals surface area contributed by atoms with Crippen molar-refractivity contribution in [1.29, 1.82) is 0 Å². The van der Waals surface area contributed by atoms with Crippen LogP contribution in [0.3, 0.4) is 0 Å². The molecule has 1 rings (SSSR count). The minimum Gasteiger partial charge on any atom is -0.477 e. The van der Waals surface area contributed by atoms with Gasteiger partial charge in [-0.05, 0) is 13.3 Å². The fraction of sp³-hybridized carbons (Fsp3) is 0.500. The summed E-state index contributed by atoms with van der Waals surface area (Å²) in [6.07, 6.45) is 1.81. The van der Waals surface area contributed by atoms with Crippen LogP contribution in [0.1, 0.15) is 23.7 Å². The topological polar surface area (TPSA) is 104 Å². The number of rotatable bonds is 7. The zero-order chi connectivity index (χ0) is 12.7. The molecule has 0 spiro atoms. The van der Waals surface area contributed by atoms with Crippen molar-refractivity contribution in [1.82, 2.24) is 9.97 Å². The number of aromatic amines is 1. The van der Waals surface area contributed by atoms with E-state index in [2.05, 4.69) is 15.3 Å².